The van der Waals surface area contributed by atoms with E-state index in [1.807, 2.05) is 0 Å². The first-order valence-corrected chi connectivity index (χ1v) is 6.73. The van der Waals surface area contributed by atoms with Gasteiger partial charge in [-0.3, -0.25) is 0 Å². The molecule has 17 heavy (non-hydrogen) atoms. The summed E-state index contributed by atoms with van der Waals surface area (Å²) in [6.45, 7) is 0. The second-order valence-electron chi connectivity index (χ2n) is 4.88. The molecule has 2 aliphatic heterocycles. The van der Waals surface area contributed by atoms with Gasteiger partial charge in [0.15, 0.2) is 0 Å². The van der Waals surface area contributed by atoms with Crippen LogP contribution < -0.4 is 0 Å². The van der Waals surface area contributed by atoms with Crippen LogP contribution in [0.2, 0.25) is 0 Å². The van der Waals surface area contributed by atoms with Crippen molar-refractivity contribution in [1.29, 1.82) is 0 Å². The first-order chi connectivity index (χ1) is 8.15. The fourth-order valence-corrected chi connectivity index (χ4v) is 3.36. The summed E-state index contributed by atoms with van der Waals surface area (Å²) in [4.78, 5) is 0. The van der Waals surface area contributed by atoms with E-state index < -0.39 is 6.10 Å². The van der Waals surface area contributed by atoms with E-state index >= 15 is 0 Å². The third-order valence-electron chi connectivity index (χ3n) is 3.84. The molecule has 2 heterocycles. The first-order valence-electron chi connectivity index (χ1n) is 5.93. The Hall–Kier alpha value is -0.450. The van der Waals surface area contributed by atoms with Crippen molar-refractivity contribution in [3.05, 3.63) is 34.1 Å². The van der Waals surface area contributed by atoms with Gasteiger partial charge in [-0.1, -0.05) is 15.9 Å². The van der Waals surface area contributed by atoms with Crippen molar-refractivity contribution in [2.75, 3.05) is 0 Å². The maximum atomic E-state index is 13.7. The zero-order valence-corrected chi connectivity index (χ0v) is 10.9. The second-order valence-corrected chi connectivity index (χ2v) is 5.80. The summed E-state index contributed by atoms with van der Waals surface area (Å²) in [5, 5.41) is 10.3. The normalized spacial score (nSPS) is 33.0. The molecule has 4 atom stereocenters. The van der Waals surface area contributed by atoms with E-state index in [1.54, 1.807) is 12.1 Å². The highest BCUT2D eigenvalue weighted by molar-refractivity contribution is 9.10. The average molecular weight is 301 g/mol. The summed E-state index contributed by atoms with van der Waals surface area (Å²) >= 11 is 3.31. The predicted octanol–water partition coefficient (Wildman–Crippen LogP) is 3.19. The Kier molecular flexibility index (Phi) is 2.97. The highest BCUT2D eigenvalue weighted by Gasteiger charge is 2.44. The molecule has 0 spiro atoms. The minimum atomic E-state index is -0.761. The van der Waals surface area contributed by atoms with Crippen LogP contribution in [0, 0.1) is 11.7 Å². The van der Waals surface area contributed by atoms with Gasteiger partial charge in [-0.2, -0.15) is 0 Å². The standard InChI is InChI=1S/C13H14BrFO2/c14-7-1-3-11(15)9(5-7)13(16)10-6-8-2-4-12(10)17-8/h1,3,5,8,10,12-13,16H,2,4,6H2. The van der Waals surface area contributed by atoms with Gasteiger partial charge in [0.1, 0.15) is 5.82 Å². The quantitative estimate of drug-likeness (QED) is 0.909. The molecule has 1 aromatic carbocycles. The Morgan fingerprint density at radius 1 is 1.41 bits per heavy atom. The van der Waals surface area contributed by atoms with E-state index in [-0.39, 0.29) is 23.9 Å². The monoisotopic (exact) mass is 300 g/mol. The van der Waals surface area contributed by atoms with Crippen molar-refractivity contribution >= 4 is 15.9 Å². The van der Waals surface area contributed by atoms with E-state index in [0.29, 0.717) is 5.56 Å². The van der Waals surface area contributed by atoms with Gasteiger partial charge in [0.2, 0.25) is 0 Å². The fraction of sp³-hybridized carbons (Fsp3) is 0.538. The van der Waals surface area contributed by atoms with Crippen molar-refractivity contribution in [3.63, 3.8) is 0 Å². The molecular weight excluding hydrogens is 287 g/mol. The number of fused-ring (bicyclic) bond motifs is 2. The number of hydrogen-bond acceptors (Lipinski definition) is 2. The Morgan fingerprint density at radius 3 is 2.88 bits per heavy atom. The predicted molar refractivity (Wildman–Crippen MR) is 65.1 cm³/mol. The van der Waals surface area contributed by atoms with Crippen molar-refractivity contribution in [1.82, 2.24) is 0 Å². The lowest BCUT2D eigenvalue weighted by molar-refractivity contribution is 0.0406. The summed E-state index contributed by atoms with van der Waals surface area (Å²) in [5.74, 6) is -0.305. The van der Waals surface area contributed by atoms with E-state index in [2.05, 4.69) is 15.9 Å². The summed E-state index contributed by atoms with van der Waals surface area (Å²) in [6, 6.07) is 4.69. The smallest absolute Gasteiger partial charge is 0.129 e. The lowest BCUT2D eigenvalue weighted by atomic mass is 9.82. The molecule has 1 aromatic rings. The van der Waals surface area contributed by atoms with Gasteiger partial charge < -0.3 is 9.84 Å². The van der Waals surface area contributed by atoms with E-state index in [4.69, 9.17) is 4.74 Å². The number of ether oxygens (including phenoxy) is 1. The van der Waals surface area contributed by atoms with Crippen LogP contribution in [-0.4, -0.2) is 17.3 Å². The average Bonchev–Trinajstić information content (AvgIpc) is 2.93. The molecule has 0 amide bonds. The zero-order valence-electron chi connectivity index (χ0n) is 9.27. The lowest BCUT2D eigenvalue weighted by Crippen LogP contribution is -2.24. The Labute approximate surface area is 108 Å². The van der Waals surface area contributed by atoms with E-state index in [9.17, 15) is 9.50 Å². The van der Waals surface area contributed by atoms with Gasteiger partial charge in [0.05, 0.1) is 18.3 Å². The van der Waals surface area contributed by atoms with Gasteiger partial charge in [-0.25, -0.2) is 4.39 Å². The molecule has 4 unspecified atom stereocenters. The molecule has 1 N–H and O–H groups in total. The maximum Gasteiger partial charge on any atom is 0.129 e. The summed E-state index contributed by atoms with van der Waals surface area (Å²) in [6.07, 6.45) is 2.53. The highest BCUT2D eigenvalue weighted by Crippen LogP contribution is 2.45. The van der Waals surface area contributed by atoms with Crippen molar-refractivity contribution in [3.8, 4) is 0 Å². The summed E-state index contributed by atoms with van der Waals surface area (Å²) in [7, 11) is 0. The number of benzene rings is 1. The molecule has 4 heteroatoms. The molecule has 0 aliphatic carbocycles. The molecule has 0 radical (unpaired) electrons. The van der Waals surface area contributed by atoms with Crippen LogP contribution >= 0.6 is 15.9 Å². The van der Waals surface area contributed by atoms with Gasteiger partial charge in [-0.15, -0.1) is 0 Å². The molecule has 2 fully saturated rings. The molecular formula is C13H14BrFO2. The Balaban J connectivity index is 1.86. The first kappa shape index (κ1) is 11.6. The molecule has 2 nitrogen and oxygen atoms in total. The van der Waals surface area contributed by atoms with Crippen LogP contribution in [0.4, 0.5) is 4.39 Å². The number of hydrogen-bond donors (Lipinski definition) is 1. The van der Waals surface area contributed by atoms with Gasteiger partial charge in [0, 0.05) is 16.0 Å². The van der Waals surface area contributed by atoms with Crippen molar-refractivity contribution in [2.45, 2.75) is 37.6 Å². The molecule has 92 valence electrons. The number of aliphatic hydroxyl groups excluding tert-OH is 1. The van der Waals surface area contributed by atoms with Gasteiger partial charge >= 0.3 is 0 Å². The molecule has 2 aliphatic rings. The second kappa shape index (κ2) is 4.34. The Bertz CT molecular complexity index is 437. The molecule has 2 bridgehead atoms. The third-order valence-corrected chi connectivity index (χ3v) is 4.33. The van der Waals surface area contributed by atoms with Crippen LogP contribution in [0.1, 0.15) is 30.9 Å². The minimum Gasteiger partial charge on any atom is -0.388 e. The van der Waals surface area contributed by atoms with Crippen LogP contribution in [0.3, 0.4) is 0 Å². The van der Waals surface area contributed by atoms with Crippen LogP contribution in [0.15, 0.2) is 22.7 Å². The molecule has 0 saturated carbocycles. The van der Waals surface area contributed by atoms with E-state index in [0.717, 1.165) is 23.7 Å². The minimum absolute atomic E-state index is 0.0394. The maximum absolute atomic E-state index is 13.7. The molecule has 2 saturated heterocycles. The SMILES string of the molecule is OC(c1cc(Br)ccc1F)C1CC2CCC1O2. The fourth-order valence-electron chi connectivity index (χ4n) is 2.98. The van der Waals surface area contributed by atoms with Crippen molar-refractivity contribution < 1.29 is 14.2 Å². The molecule has 0 aromatic heterocycles. The zero-order chi connectivity index (χ0) is 12.0. The summed E-state index contributed by atoms with van der Waals surface area (Å²) < 4.78 is 20.2. The number of halogens is 2. The van der Waals surface area contributed by atoms with Gasteiger partial charge in [-0.05, 0) is 37.5 Å². The lowest BCUT2D eigenvalue weighted by Gasteiger charge is -2.24. The van der Waals surface area contributed by atoms with Crippen LogP contribution in [0.5, 0.6) is 0 Å². The highest BCUT2D eigenvalue weighted by atomic mass is 79.9. The Morgan fingerprint density at radius 2 is 2.24 bits per heavy atom. The van der Waals surface area contributed by atoms with Gasteiger partial charge in [0.25, 0.3) is 0 Å². The summed E-state index contributed by atoms with van der Waals surface area (Å²) in [5.41, 5.74) is 0.375. The number of rotatable bonds is 2. The number of aliphatic hydroxyl groups is 1. The van der Waals surface area contributed by atoms with E-state index in [1.165, 1.54) is 6.07 Å². The molecule has 3 rings (SSSR count). The topological polar surface area (TPSA) is 29.5 Å². The van der Waals surface area contributed by atoms with Crippen molar-refractivity contribution in [2.24, 2.45) is 5.92 Å². The third kappa shape index (κ3) is 2.02. The largest absolute Gasteiger partial charge is 0.388 e. The van der Waals surface area contributed by atoms with Crippen LogP contribution in [0.25, 0.3) is 0 Å². The van der Waals surface area contributed by atoms with Crippen LogP contribution in [-0.2, 0) is 4.74 Å².